The molecule has 0 unspecified atom stereocenters. The number of carbonyl (C=O) groups excluding carboxylic acids is 2. The van der Waals surface area contributed by atoms with Gasteiger partial charge in [-0.25, -0.2) is 0 Å². The van der Waals surface area contributed by atoms with Gasteiger partial charge in [-0.05, 0) is 30.0 Å². The van der Waals surface area contributed by atoms with Gasteiger partial charge in [0.2, 0.25) is 0 Å². The van der Waals surface area contributed by atoms with Crippen LogP contribution in [-0.2, 0) is 9.59 Å². The standard InChI is InChI=1S/C14H10N2O6S/c17-12(18)8-15-13(19)11(23-14(15)20)7-3-5-9-4-1-2-6-10(9)16(21)22/h1-7H,8H2,(H,17,18)/b5-3+,11-7+. The Labute approximate surface area is 134 Å². The summed E-state index contributed by atoms with van der Waals surface area (Å²) in [5.41, 5.74) is 0.259. The second-order valence-electron chi connectivity index (χ2n) is 4.36. The first-order chi connectivity index (χ1) is 10.9. The molecule has 118 valence electrons. The topological polar surface area (TPSA) is 118 Å². The van der Waals surface area contributed by atoms with Crippen molar-refractivity contribution in [3.05, 3.63) is 57.0 Å². The number of hydrogen-bond donors (Lipinski definition) is 1. The van der Waals surface area contributed by atoms with Crippen LogP contribution in [0, 0.1) is 10.1 Å². The van der Waals surface area contributed by atoms with E-state index in [1.54, 1.807) is 12.1 Å². The molecular weight excluding hydrogens is 324 g/mol. The predicted octanol–water partition coefficient (Wildman–Crippen LogP) is 2.27. The number of aliphatic carboxylic acids is 1. The van der Waals surface area contributed by atoms with Crippen molar-refractivity contribution in [2.24, 2.45) is 0 Å². The Kier molecular flexibility index (Phi) is 4.91. The van der Waals surface area contributed by atoms with Crippen molar-refractivity contribution in [3.8, 4) is 0 Å². The molecule has 0 radical (unpaired) electrons. The zero-order valence-corrected chi connectivity index (χ0v) is 12.4. The molecule has 1 aromatic carbocycles. The smallest absolute Gasteiger partial charge is 0.323 e. The molecule has 2 amide bonds. The van der Waals surface area contributed by atoms with Gasteiger partial charge in [-0.15, -0.1) is 0 Å². The summed E-state index contributed by atoms with van der Waals surface area (Å²) in [5.74, 6) is -1.99. The third-order valence-electron chi connectivity index (χ3n) is 2.82. The summed E-state index contributed by atoms with van der Waals surface area (Å²) in [6.45, 7) is -0.699. The Balaban J connectivity index is 2.18. The van der Waals surface area contributed by atoms with Crippen LogP contribution in [0.4, 0.5) is 10.5 Å². The highest BCUT2D eigenvalue weighted by atomic mass is 32.2. The molecule has 1 aromatic rings. The van der Waals surface area contributed by atoms with Crippen LogP contribution < -0.4 is 0 Å². The number of hydrogen-bond acceptors (Lipinski definition) is 6. The second-order valence-corrected chi connectivity index (χ2v) is 5.35. The molecule has 2 rings (SSSR count). The van der Waals surface area contributed by atoms with E-state index in [0.29, 0.717) is 22.2 Å². The fraction of sp³-hybridized carbons (Fsp3) is 0.0714. The molecular formula is C14H10N2O6S. The van der Waals surface area contributed by atoms with Crippen LogP contribution in [0.5, 0.6) is 0 Å². The van der Waals surface area contributed by atoms with E-state index in [1.165, 1.54) is 30.4 Å². The number of thioether (sulfide) groups is 1. The molecule has 1 N–H and O–H groups in total. The second kappa shape index (κ2) is 6.88. The summed E-state index contributed by atoms with van der Waals surface area (Å²) in [5, 5.41) is 18.9. The maximum Gasteiger partial charge on any atom is 0.323 e. The zero-order valence-electron chi connectivity index (χ0n) is 11.5. The number of imide groups is 1. The number of rotatable bonds is 5. The number of allylic oxidation sites excluding steroid dienone is 2. The van der Waals surface area contributed by atoms with Crippen LogP contribution >= 0.6 is 11.8 Å². The minimum atomic E-state index is -1.29. The lowest BCUT2D eigenvalue weighted by Crippen LogP contribution is -2.33. The number of nitrogens with zero attached hydrogens (tertiary/aromatic N) is 2. The van der Waals surface area contributed by atoms with E-state index in [1.807, 2.05) is 0 Å². The number of carboxylic acids is 1. The molecule has 9 heteroatoms. The molecule has 8 nitrogen and oxygen atoms in total. The Morgan fingerprint density at radius 2 is 2.04 bits per heavy atom. The van der Waals surface area contributed by atoms with Crippen molar-refractivity contribution < 1.29 is 24.4 Å². The van der Waals surface area contributed by atoms with E-state index in [9.17, 15) is 24.5 Å². The molecule has 1 aliphatic heterocycles. The lowest BCUT2D eigenvalue weighted by Gasteiger charge is -2.07. The highest BCUT2D eigenvalue weighted by Gasteiger charge is 2.35. The highest BCUT2D eigenvalue weighted by Crippen LogP contribution is 2.30. The number of nitro benzene ring substituents is 1. The van der Waals surface area contributed by atoms with Gasteiger partial charge in [0, 0.05) is 6.07 Å². The van der Waals surface area contributed by atoms with Crippen molar-refractivity contribution in [2.75, 3.05) is 6.54 Å². The normalized spacial score (nSPS) is 16.5. The molecule has 1 fully saturated rings. The first-order valence-electron chi connectivity index (χ1n) is 6.27. The van der Waals surface area contributed by atoms with Gasteiger partial charge in [0.25, 0.3) is 16.8 Å². The minimum Gasteiger partial charge on any atom is -0.480 e. The maximum atomic E-state index is 11.9. The van der Waals surface area contributed by atoms with Gasteiger partial charge in [-0.2, -0.15) is 0 Å². The molecule has 0 aromatic heterocycles. The van der Waals surface area contributed by atoms with Crippen LogP contribution in [0.3, 0.4) is 0 Å². The summed E-state index contributed by atoms with van der Waals surface area (Å²) in [4.78, 5) is 45.1. The van der Waals surface area contributed by atoms with Gasteiger partial charge in [0.05, 0.1) is 15.4 Å². The van der Waals surface area contributed by atoms with E-state index < -0.39 is 28.6 Å². The van der Waals surface area contributed by atoms with Gasteiger partial charge < -0.3 is 5.11 Å². The number of benzene rings is 1. The van der Waals surface area contributed by atoms with Crippen LogP contribution in [0.1, 0.15) is 5.56 Å². The Hall–Kier alpha value is -2.94. The Bertz CT molecular complexity index is 755. The first-order valence-corrected chi connectivity index (χ1v) is 7.09. The van der Waals surface area contributed by atoms with Crippen molar-refractivity contribution in [3.63, 3.8) is 0 Å². The Morgan fingerprint density at radius 1 is 1.35 bits per heavy atom. The van der Waals surface area contributed by atoms with Crippen molar-refractivity contribution >= 4 is 40.6 Å². The largest absolute Gasteiger partial charge is 0.480 e. The summed E-state index contributed by atoms with van der Waals surface area (Å²) in [6, 6.07) is 6.05. The predicted molar refractivity (Wildman–Crippen MR) is 82.5 cm³/mol. The summed E-state index contributed by atoms with van der Waals surface area (Å²) >= 11 is 0.620. The number of carboxylic acid groups (broad SMARTS) is 1. The lowest BCUT2D eigenvalue weighted by molar-refractivity contribution is -0.385. The van der Waals surface area contributed by atoms with Crippen molar-refractivity contribution in [2.45, 2.75) is 0 Å². The molecule has 0 bridgehead atoms. The number of nitro groups is 1. The molecule has 1 aliphatic rings. The third kappa shape index (κ3) is 3.83. The third-order valence-corrected chi connectivity index (χ3v) is 3.75. The van der Waals surface area contributed by atoms with Gasteiger partial charge in [0.15, 0.2) is 0 Å². The molecule has 0 spiro atoms. The fourth-order valence-electron chi connectivity index (χ4n) is 1.82. The molecule has 1 heterocycles. The quantitative estimate of drug-likeness (QED) is 0.498. The van der Waals surface area contributed by atoms with Crippen LogP contribution in [0.25, 0.3) is 6.08 Å². The zero-order chi connectivity index (χ0) is 17.0. The monoisotopic (exact) mass is 334 g/mol. The van der Waals surface area contributed by atoms with Gasteiger partial charge in [-0.1, -0.05) is 18.2 Å². The van der Waals surface area contributed by atoms with E-state index in [2.05, 4.69) is 0 Å². The van der Waals surface area contributed by atoms with Gasteiger partial charge >= 0.3 is 5.97 Å². The van der Waals surface area contributed by atoms with Crippen molar-refractivity contribution in [1.82, 2.24) is 4.90 Å². The molecule has 0 atom stereocenters. The number of para-hydroxylation sites is 1. The molecule has 23 heavy (non-hydrogen) atoms. The van der Waals surface area contributed by atoms with E-state index in [4.69, 9.17) is 5.11 Å². The summed E-state index contributed by atoms with van der Waals surface area (Å²) in [6.07, 6.45) is 4.16. The average molecular weight is 334 g/mol. The summed E-state index contributed by atoms with van der Waals surface area (Å²) < 4.78 is 0. The maximum absolute atomic E-state index is 11.9. The molecule has 0 saturated carbocycles. The van der Waals surface area contributed by atoms with Crippen LogP contribution in [0.15, 0.2) is 41.3 Å². The van der Waals surface area contributed by atoms with E-state index >= 15 is 0 Å². The number of carbonyl (C=O) groups is 3. The van der Waals surface area contributed by atoms with Crippen molar-refractivity contribution in [1.29, 1.82) is 0 Å². The minimum absolute atomic E-state index is 0.0612. The van der Waals surface area contributed by atoms with Gasteiger partial charge in [0.1, 0.15) is 6.54 Å². The van der Waals surface area contributed by atoms with E-state index in [0.717, 1.165) is 0 Å². The fourth-order valence-corrected chi connectivity index (χ4v) is 2.61. The molecule has 0 aliphatic carbocycles. The summed E-state index contributed by atoms with van der Waals surface area (Å²) in [7, 11) is 0. The van der Waals surface area contributed by atoms with Crippen LogP contribution in [-0.4, -0.2) is 38.6 Å². The van der Waals surface area contributed by atoms with Crippen LogP contribution in [0.2, 0.25) is 0 Å². The number of amides is 2. The van der Waals surface area contributed by atoms with Gasteiger partial charge in [-0.3, -0.25) is 29.4 Å². The average Bonchev–Trinajstić information content (AvgIpc) is 2.75. The Morgan fingerprint density at radius 3 is 2.70 bits per heavy atom. The van der Waals surface area contributed by atoms with E-state index in [-0.39, 0.29) is 10.6 Å². The first kappa shape index (κ1) is 16.4. The molecule has 1 saturated heterocycles. The SMILES string of the molecule is O=C(O)CN1C(=O)S/C(=C/C=C/c2ccccc2[N+](=O)[O-])C1=O. The highest BCUT2D eigenvalue weighted by molar-refractivity contribution is 8.18. The lowest BCUT2D eigenvalue weighted by atomic mass is 10.1.